The maximum atomic E-state index is 12.1. The van der Waals surface area contributed by atoms with Crippen molar-refractivity contribution in [1.29, 1.82) is 0 Å². The highest BCUT2D eigenvalue weighted by Gasteiger charge is 2.22. The number of aromatic nitrogens is 1. The molecular formula is C16H17BrN2O3. The van der Waals surface area contributed by atoms with Gasteiger partial charge < -0.3 is 15.0 Å². The summed E-state index contributed by atoms with van der Waals surface area (Å²) in [6.45, 7) is 2.20. The molecule has 0 radical (unpaired) electrons. The first-order valence-electron chi connectivity index (χ1n) is 6.96. The summed E-state index contributed by atoms with van der Waals surface area (Å²) in [6.07, 6.45) is 1.24. The van der Waals surface area contributed by atoms with E-state index in [9.17, 15) is 9.59 Å². The Labute approximate surface area is 137 Å². The monoisotopic (exact) mass is 364 g/mol. The van der Waals surface area contributed by atoms with Crippen LogP contribution in [-0.2, 0) is 16.1 Å². The lowest BCUT2D eigenvalue weighted by atomic mass is 10.2. The zero-order chi connectivity index (χ0) is 15.9. The van der Waals surface area contributed by atoms with Gasteiger partial charge in [-0.15, -0.1) is 0 Å². The van der Waals surface area contributed by atoms with Crippen molar-refractivity contribution in [3.63, 3.8) is 0 Å². The summed E-state index contributed by atoms with van der Waals surface area (Å²) >= 11 is 3.25. The maximum Gasteiger partial charge on any atom is 0.355 e. The second-order valence-electron chi connectivity index (χ2n) is 4.74. The molecule has 0 aliphatic heterocycles. The van der Waals surface area contributed by atoms with Gasteiger partial charge in [-0.05, 0) is 34.0 Å². The highest BCUT2D eigenvalue weighted by Crippen LogP contribution is 2.13. The molecule has 1 aromatic heterocycles. The van der Waals surface area contributed by atoms with E-state index < -0.39 is 12.1 Å². The fourth-order valence-corrected chi connectivity index (χ4v) is 2.24. The number of carbonyl (C=O) groups excluding carboxylic acids is 2. The average Bonchev–Trinajstić information content (AvgIpc) is 2.97. The molecule has 0 fully saturated rings. The van der Waals surface area contributed by atoms with Gasteiger partial charge >= 0.3 is 5.97 Å². The minimum atomic E-state index is -0.807. The lowest BCUT2D eigenvalue weighted by Gasteiger charge is -2.15. The minimum absolute atomic E-state index is 0.301. The minimum Gasteiger partial charge on any atom is -0.448 e. The largest absolute Gasteiger partial charge is 0.448 e. The van der Waals surface area contributed by atoms with Crippen molar-refractivity contribution in [3.8, 4) is 0 Å². The van der Waals surface area contributed by atoms with Crippen LogP contribution in [0.15, 0.2) is 47.1 Å². The highest BCUT2D eigenvalue weighted by molar-refractivity contribution is 9.10. The van der Waals surface area contributed by atoms with Gasteiger partial charge in [-0.1, -0.05) is 37.3 Å². The first-order chi connectivity index (χ1) is 10.6. The number of hydrogen-bond donors (Lipinski definition) is 2. The summed E-state index contributed by atoms with van der Waals surface area (Å²) in [4.78, 5) is 26.8. The van der Waals surface area contributed by atoms with Crippen molar-refractivity contribution in [1.82, 2.24) is 10.3 Å². The van der Waals surface area contributed by atoms with Gasteiger partial charge in [0.05, 0.1) is 0 Å². The topological polar surface area (TPSA) is 71.2 Å². The molecule has 2 rings (SSSR count). The molecule has 22 heavy (non-hydrogen) atoms. The van der Waals surface area contributed by atoms with Gasteiger partial charge in [0.25, 0.3) is 5.91 Å². The van der Waals surface area contributed by atoms with Crippen LogP contribution in [0.5, 0.6) is 0 Å². The molecule has 0 saturated carbocycles. The molecule has 6 heteroatoms. The Hall–Kier alpha value is -2.08. The fraction of sp³-hybridized carbons (Fsp3) is 0.250. The zero-order valence-corrected chi connectivity index (χ0v) is 13.7. The third-order valence-corrected chi connectivity index (χ3v) is 3.55. The number of esters is 1. The van der Waals surface area contributed by atoms with Gasteiger partial charge in [-0.3, -0.25) is 4.79 Å². The number of ether oxygens (including phenoxy) is 1. The molecule has 2 aromatic rings. The summed E-state index contributed by atoms with van der Waals surface area (Å²) in [6, 6.07) is 11.2. The van der Waals surface area contributed by atoms with Crippen molar-refractivity contribution < 1.29 is 14.3 Å². The summed E-state index contributed by atoms with van der Waals surface area (Å²) in [5.41, 5.74) is 1.30. The van der Waals surface area contributed by atoms with Crippen molar-refractivity contribution in [2.45, 2.75) is 26.0 Å². The number of amides is 1. The van der Waals surface area contributed by atoms with Crippen LogP contribution in [0.2, 0.25) is 0 Å². The molecule has 0 aliphatic rings. The number of nitrogens with one attached hydrogen (secondary N) is 2. The van der Waals surface area contributed by atoms with Crippen molar-refractivity contribution in [2.75, 3.05) is 0 Å². The Kier molecular flexibility index (Phi) is 5.77. The maximum absolute atomic E-state index is 12.1. The van der Waals surface area contributed by atoms with E-state index in [-0.39, 0.29) is 5.91 Å². The number of aromatic amines is 1. The Morgan fingerprint density at radius 2 is 2.05 bits per heavy atom. The molecule has 1 heterocycles. The van der Waals surface area contributed by atoms with Crippen LogP contribution in [0.4, 0.5) is 0 Å². The number of carbonyl (C=O) groups is 2. The van der Waals surface area contributed by atoms with Gasteiger partial charge in [0.2, 0.25) is 0 Å². The molecule has 0 unspecified atom stereocenters. The van der Waals surface area contributed by atoms with Gasteiger partial charge in [-0.25, -0.2) is 4.79 Å². The second kappa shape index (κ2) is 7.79. The van der Waals surface area contributed by atoms with Crippen LogP contribution in [-0.4, -0.2) is 23.0 Å². The predicted octanol–water partition coefficient (Wildman–Crippen LogP) is 3.03. The van der Waals surface area contributed by atoms with Crippen LogP contribution >= 0.6 is 15.9 Å². The molecule has 0 bridgehead atoms. The van der Waals surface area contributed by atoms with Crippen molar-refractivity contribution in [3.05, 3.63) is 58.3 Å². The Balaban J connectivity index is 1.90. The van der Waals surface area contributed by atoms with E-state index in [0.717, 1.165) is 10.0 Å². The number of rotatable bonds is 6. The quantitative estimate of drug-likeness (QED) is 0.773. The third-order valence-electron chi connectivity index (χ3n) is 3.09. The van der Waals surface area contributed by atoms with Crippen LogP contribution in [0.3, 0.4) is 0 Å². The molecule has 0 aliphatic carbocycles. The molecule has 1 amide bonds. The van der Waals surface area contributed by atoms with Gasteiger partial charge in [0.15, 0.2) is 6.10 Å². The SMILES string of the molecule is CC[C@@H](OC(=O)c1cc(Br)c[nH]1)C(=O)NCc1ccccc1. The third kappa shape index (κ3) is 4.46. The normalized spacial score (nSPS) is 11.7. The molecule has 2 N–H and O–H groups in total. The number of H-pyrrole nitrogens is 1. The van der Waals surface area contributed by atoms with Crippen molar-refractivity contribution >= 4 is 27.8 Å². The van der Waals surface area contributed by atoms with Crippen LogP contribution in [0.25, 0.3) is 0 Å². The zero-order valence-electron chi connectivity index (χ0n) is 12.1. The number of halogens is 1. The standard InChI is InChI=1S/C16H17BrN2O3/c1-2-14(22-16(21)13-8-12(17)10-18-13)15(20)19-9-11-6-4-3-5-7-11/h3-8,10,14,18H,2,9H2,1H3,(H,19,20)/t14-/m1/s1. The summed E-state index contributed by atoms with van der Waals surface area (Å²) < 4.78 is 6.00. The lowest BCUT2D eigenvalue weighted by molar-refractivity contribution is -0.130. The molecular weight excluding hydrogens is 348 g/mol. The van der Waals surface area contributed by atoms with E-state index in [1.54, 1.807) is 19.2 Å². The van der Waals surface area contributed by atoms with E-state index in [2.05, 4.69) is 26.2 Å². The van der Waals surface area contributed by atoms with Gasteiger partial charge in [0.1, 0.15) is 5.69 Å². The summed E-state index contributed by atoms with van der Waals surface area (Å²) in [5.74, 6) is -0.849. The van der Waals surface area contributed by atoms with E-state index in [4.69, 9.17) is 4.74 Å². The molecule has 0 spiro atoms. The molecule has 1 atom stereocenters. The molecule has 1 aromatic carbocycles. The Morgan fingerprint density at radius 3 is 2.64 bits per heavy atom. The fourth-order valence-electron chi connectivity index (χ4n) is 1.90. The predicted molar refractivity (Wildman–Crippen MR) is 86.3 cm³/mol. The van der Waals surface area contributed by atoms with Crippen molar-refractivity contribution in [2.24, 2.45) is 0 Å². The smallest absolute Gasteiger partial charge is 0.355 e. The Morgan fingerprint density at radius 1 is 1.32 bits per heavy atom. The van der Waals surface area contributed by atoms with E-state index in [0.29, 0.717) is 18.7 Å². The highest BCUT2D eigenvalue weighted by atomic mass is 79.9. The van der Waals surface area contributed by atoms with Crippen LogP contribution in [0, 0.1) is 0 Å². The Bertz CT molecular complexity index is 640. The molecule has 116 valence electrons. The molecule has 0 saturated heterocycles. The van der Waals surface area contributed by atoms with E-state index in [1.807, 2.05) is 30.3 Å². The van der Waals surface area contributed by atoms with Crippen LogP contribution < -0.4 is 5.32 Å². The number of benzene rings is 1. The molecule has 5 nitrogen and oxygen atoms in total. The van der Waals surface area contributed by atoms with Gasteiger partial charge in [0, 0.05) is 17.2 Å². The second-order valence-corrected chi connectivity index (χ2v) is 5.65. The van der Waals surface area contributed by atoms with Crippen LogP contribution in [0.1, 0.15) is 29.4 Å². The number of hydrogen-bond acceptors (Lipinski definition) is 3. The first kappa shape index (κ1) is 16.3. The van der Waals surface area contributed by atoms with Gasteiger partial charge in [-0.2, -0.15) is 0 Å². The average molecular weight is 365 g/mol. The first-order valence-corrected chi connectivity index (χ1v) is 7.76. The summed E-state index contributed by atoms with van der Waals surface area (Å²) in [7, 11) is 0. The van der Waals surface area contributed by atoms with E-state index >= 15 is 0 Å². The summed E-state index contributed by atoms with van der Waals surface area (Å²) in [5, 5.41) is 2.78. The van der Waals surface area contributed by atoms with E-state index in [1.165, 1.54) is 0 Å². The lowest BCUT2D eigenvalue weighted by Crippen LogP contribution is -2.37.